The van der Waals surface area contributed by atoms with Crippen LogP contribution in [0.15, 0.2) is 36.4 Å². The van der Waals surface area contributed by atoms with Gasteiger partial charge in [0.25, 0.3) is 11.8 Å². The van der Waals surface area contributed by atoms with Crippen LogP contribution in [0, 0.1) is 13.8 Å². The monoisotopic (exact) mass is 416 g/mol. The molecule has 2 amide bonds. The molecule has 162 valence electrons. The summed E-state index contributed by atoms with van der Waals surface area (Å²) < 4.78 is 5.19. The number of aromatic hydroxyl groups is 1. The summed E-state index contributed by atoms with van der Waals surface area (Å²) in [6.07, 6.45) is 4.30. The summed E-state index contributed by atoms with van der Waals surface area (Å²) in [4.78, 5) is 23.6. The van der Waals surface area contributed by atoms with Crippen LogP contribution in [0.5, 0.6) is 11.5 Å². The Morgan fingerprint density at radius 2 is 1.33 bits per heavy atom. The first-order valence-corrected chi connectivity index (χ1v) is 9.94. The number of aryl methyl sites for hydroxylation is 2. The zero-order chi connectivity index (χ0) is 21.0. The number of amides is 2. The van der Waals surface area contributed by atoms with Gasteiger partial charge in [0.2, 0.25) is 0 Å². The minimum absolute atomic E-state index is 0. The van der Waals surface area contributed by atoms with Gasteiger partial charge in [0, 0.05) is 12.1 Å². The quantitative estimate of drug-likeness (QED) is 0.694. The number of phenolic OH excluding ortho intramolecular Hbond substituents is 1. The molecule has 2 aliphatic rings. The highest BCUT2D eigenvalue weighted by molar-refractivity contribution is 5.99. The van der Waals surface area contributed by atoms with Crippen molar-refractivity contribution in [3.63, 3.8) is 0 Å². The fourth-order valence-electron chi connectivity index (χ4n) is 3.02. The molecule has 2 aliphatic carbocycles. The molecule has 2 saturated carbocycles. The minimum atomic E-state index is -0.164. The number of halogens is 1. The predicted octanol–water partition coefficient (Wildman–Crippen LogP) is 3.64. The van der Waals surface area contributed by atoms with Crippen LogP contribution < -0.4 is 15.4 Å². The first-order valence-electron chi connectivity index (χ1n) is 9.94. The molecule has 0 bridgehead atoms. The number of carbonyl (C=O) groups is 2. The molecule has 7 heteroatoms. The number of methoxy groups -OCH3 is 1. The van der Waals surface area contributed by atoms with Crippen molar-refractivity contribution in [1.29, 1.82) is 0 Å². The molecule has 0 heterocycles. The standard InChI is InChI=1S/C12H15NO2.C11H13NO2.FH/c1-8-4-3-5-10(15-2)11(8)12(14)13-9-6-7-9;1-7-3-2-4-9(13)10(7)11(14)12-8-5-6-8;/h3-5,9H,6-7H2,1-2H3,(H,13,14);2-4,8,13H,5-6H2,1H3,(H,12,14);1H. The Bertz CT molecular complexity index is 888. The SMILES string of the molecule is COc1cccc(C)c1C(=O)NC1CC1.Cc1cccc(O)c1C(=O)NC1CC1.F. The third kappa shape index (κ3) is 5.95. The maximum atomic E-state index is 11.9. The average Bonchev–Trinajstić information content (AvgIpc) is 3.59. The largest absolute Gasteiger partial charge is 0.507 e. The van der Waals surface area contributed by atoms with Gasteiger partial charge in [-0.05, 0) is 62.8 Å². The highest BCUT2D eigenvalue weighted by Crippen LogP contribution is 2.25. The van der Waals surface area contributed by atoms with E-state index in [-0.39, 0.29) is 22.3 Å². The molecule has 30 heavy (non-hydrogen) atoms. The predicted molar refractivity (Wildman–Crippen MR) is 114 cm³/mol. The van der Waals surface area contributed by atoms with E-state index in [1.54, 1.807) is 13.2 Å². The number of nitrogens with one attached hydrogen (secondary N) is 2. The number of ether oxygens (including phenoxy) is 1. The van der Waals surface area contributed by atoms with Gasteiger partial charge in [-0.2, -0.15) is 0 Å². The number of carbonyl (C=O) groups excluding carboxylic acids is 2. The van der Waals surface area contributed by atoms with Gasteiger partial charge in [-0.1, -0.05) is 24.3 Å². The second-order valence-electron chi connectivity index (χ2n) is 7.62. The van der Waals surface area contributed by atoms with Crippen molar-refractivity contribution >= 4 is 11.8 Å². The third-order valence-electron chi connectivity index (χ3n) is 4.98. The van der Waals surface area contributed by atoms with Gasteiger partial charge in [0.1, 0.15) is 11.5 Å². The first kappa shape index (κ1) is 23.2. The van der Waals surface area contributed by atoms with Crippen molar-refractivity contribution in [3.05, 3.63) is 58.7 Å². The maximum absolute atomic E-state index is 11.9. The summed E-state index contributed by atoms with van der Waals surface area (Å²) in [6, 6.07) is 11.4. The normalized spacial score (nSPS) is 14.5. The van der Waals surface area contributed by atoms with Crippen LogP contribution in [0.2, 0.25) is 0 Å². The molecule has 0 unspecified atom stereocenters. The molecule has 0 saturated heterocycles. The van der Waals surface area contributed by atoms with Crippen molar-refractivity contribution in [2.75, 3.05) is 7.11 Å². The van der Waals surface area contributed by atoms with Crippen molar-refractivity contribution in [2.45, 2.75) is 51.6 Å². The van der Waals surface area contributed by atoms with E-state index in [4.69, 9.17) is 4.74 Å². The zero-order valence-corrected chi connectivity index (χ0v) is 17.5. The Kier molecular flexibility index (Phi) is 7.80. The van der Waals surface area contributed by atoms with E-state index in [1.165, 1.54) is 6.07 Å². The number of hydrogen-bond acceptors (Lipinski definition) is 4. The van der Waals surface area contributed by atoms with E-state index >= 15 is 0 Å². The van der Waals surface area contributed by atoms with Gasteiger partial charge >= 0.3 is 0 Å². The Balaban J connectivity index is 0.000000207. The highest BCUT2D eigenvalue weighted by atomic mass is 19.0. The summed E-state index contributed by atoms with van der Waals surface area (Å²) in [5, 5.41) is 15.4. The molecule has 0 aliphatic heterocycles. The van der Waals surface area contributed by atoms with Gasteiger partial charge in [-0.25, -0.2) is 0 Å². The van der Waals surface area contributed by atoms with E-state index < -0.39 is 0 Å². The summed E-state index contributed by atoms with van der Waals surface area (Å²) in [5.74, 6) is 0.520. The van der Waals surface area contributed by atoms with Crippen LogP contribution in [0.3, 0.4) is 0 Å². The van der Waals surface area contributed by atoms with Gasteiger partial charge in [0.15, 0.2) is 0 Å². The smallest absolute Gasteiger partial charge is 0.255 e. The Morgan fingerprint density at radius 3 is 1.80 bits per heavy atom. The molecule has 0 aromatic heterocycles. The van der Waals surface area contributed by atoms with E-state index in [0.717, 1.165) is 36.8 Å². The number of rotatable bonds is 5. The van der Waals surface area contributed by atoms with Crippen LogP contribution in [0.4, 0.5) is 4.70 Å². The van der Waals surface area contributed by atoms with Gasteiger partial charge in [-0.15, -0.1) is 0 Å². The van der Waals surface area contributed by atoms with Crippen molar-refractivity contribution in [2.24, 2.45) is 0 Å². The molecule has 2 fully saturated rings. The highest BCUT2D eigenvalue weighted by Gasteiger charge is 2.26. The van der Waals surface area contributed by atoms with Crippen LogP contribution in [-0.4, -0.2) is 36.1 Å². The second-order valence-corrected chi connectivity index (χ2v) is 7.62. The van der Waals surface area contributed by atoms with Gasteiger partial charge in [-0.3, -0.25) is 14.3 Å². The zero-order valence-electron chi connectivity index (χ0n) is 17.5. The summed E-state index contributed by atoms with van der Waals surface area (Å²) in [5.41, 5.74) is 2.82. The minimum Gasteiger partial charge on any atom is -0.507 e. The van der Waals surface area contributed by atoms with E-state index in [9.17, 15) is 14.7 Å². The van der Waals surface area contributed by atoms with Crippen molar-refractivity contribution in [3.8, 4) is 11.5 Å². The third-order valence-corrected chi connectivity index (χ3v) is 4.98. The van der Waals surface area contributed by atoms with E-state index in [1.807, 2.05) is 38.1 Å². The summed E-state index contributed by atoms with van der Waals surface area (Å²) in [7, 11) is 1.59. The Morgan fingerprint density at radius 1 is 0.867 bits per heavy atom. The number of benzene rings is 2. The van der Waals surface area contributed by atoms with Gasteiger partial charge in [0.05, 0.1) is 18.2 Å². The van der Waals surface area contributed by atoms with Crippen LogP contribution >= 0.6 is 0 Å². The van der Waals surface area contributed by atoms with Crippen LogP contribution in [0.25, 0.3) is 0 Å². The maximum Gasteiger partial charge on any atom is 0.255 e. The molecular weight excluding hydrogens is 387 g/mol. The van der Waals surface area contributed by atoms with Crippen molar-refractivity contribution in [1.82, 2.24) is 10.6 Å². The summed E-state index contributed by atoms with van der Waals surface area (Å²) in [6.45, 7) is 3.74. The number of phenols is 1. The molecule has 2 aromatic carbocycles. The lowest BCUT2D eigenvalue weighted by Gasteiger charge is -2.11. The lowest BCUT2D eigenvalue weighted by Crippen LogP contribution is -2.26. The van der Waals surface area contributed by atoms with Gasteiger partial charge < -0.3 is 20.5 Å². The van der Waals surface area contributed by atoms with Crippen LogP contribution in [-0.2, 0) is 0 Å². The molecule has 2 aromatic rings. The Labute approximate surface area is 176 Å². The first-order chi connectivity index (χ1) is 13.9. The van der Waals surface area contributed by atoms with Crippen molar-refractivity contribution < 1.29 is 24.1 Å². The fourth-order valence-corrected chi connectivity index (χ4v) is 3.02. The second kappa shape index (κ2) is 10.1. The molecule has 0 radical (unpaired) electrons. The van der Waals surface area contributed by atoms with E-state index in [2.05, 4.69) is 10.6 Å². The molecule has 3 N–H and O–H groups in total. The van der Waals surface area contributed by atoms with E-state index in [0.29, 0.717) is 29.0 Å². The average molecular weight is 416 g/mol. The molecule has 4 rings (SSSR count). The fraction of sp³-hybridized carbons (Fsp3) is 0.391. The summed E-state index contributed by atoms with van der Waals surface area (Å²) >= 11 is 0. The lowest BCUT2D eigenvalue weighted by atomic mass is 10.1. The topological polar surface area (TPSA) is 87.7 Å². The number of hydrogen-bond donors (Lipinski definition) is 3. The van der Waals surface area contributed by atoms with Crippen LogP contribution in [0.1, 0.15) is 57.5 Å². The molecular formula is C23H29FN2O4. The Hall–Kier alpha value is -3.09. The molecule has 0 spiro atoms. The lowest BCUT2D eigenvalue weighted by molar-refractivity contribution is 0.0938. The molecule has 6 nitrogen and oxygen atoms in total. The molecule has 0 atom stereocenters.